The van der Waals surface area contributed by atoms with E-state index in [1.54, 1.807) is 24.3 Å². The maximum atomic E-state index is 13.1. The second-order valence-corrected chi connectivity index (χ2v) is 8.70. The normalized spacial score (nSPS) is 19.9. The second kappa shape index (κ2) is 6.79. The van der Waals surface area contributed by atoms with E-state index in [2.05, 4.69) is 0 Å². The molecule has 2 heterocycles. The smallest absolute Gasteiger partial charge is 0.311 e. The number of nitro groups is 1. The monoisotopic (exact) mass is 426 g/mol. The highest BCUT2D eigenvalue weighted by atomic mass is 16.6. The quantitative estimate of drug-likeness (QED) is 0.320. The maximum absolute atomic E-state index is 13.1. The van der Waals surface area contributed by atoms with Crippen LogP contribution in [-0.2, 0) is 5.41 Å². The van der Waals surface area contributed by atoms with Crippen molar-refractivity contribution in [3.63, 3.8) is 0 Å². The number of benzene rings is 3. The predicted octanol–water partition coefficient (Wildman–Crippen LogP) is 5.36. The van der Waals surface area contributed by atoms with Crippen molar-refractivity contribution in [1.82, 2.24) is 0 Å². The van der Waals surface area contributed by atoms with Crippen LogP contribution in [0.1, 0.15) is 40.9 Å². The third-order valence-corrected chi connectivity index (χ3v) is 6.69. The minimum absolute atomic E-state index is 0.0473. The Hall–Kier alpha value is -3.93. The van der Waals surface area contributed by atoms with Crippen LogP contribution in [0.3, 0.4) is 0 Å². The van der Waals surface area contributed by atoms with E-state index in [0.717, 1.165) is 11.3 Å². The van der Waals surface area contributed by atoms with E-state index in [-0.39, 0.29) is 17.2 Å². The molecule has 6 heteroatoms. The number of carbonyl (C=O) groups excluding carboxylic acids is 1. The minimum atomic E-state index is -0.969. The largest absolute Gasteiger partial charge is 0.456 e. The summed E-state index contributed by atoms with van der Waals surface area (Å²) in [5.41, 5.74) is 2.14. The van der Waals surface area contributed by atoms with Gasteiger partial charge in [0.05, 0.1) is 10.3 Å². The van der Waals surface area contributed by atoms with Gasteiger partial charge in [-0.3, -0.25) is 14.9 Å². The van der Waals surface area contributed by atoms with Gasteiger partial charge in [-0.25, -0.2) is 0 Å². The van der Waals surface area contributed by atoms with Crippen molar-refractivity contribution >= 4 is 23.2 Å². The zero-order valence-electron chi connectivity index (χ0n) is 18.0. The molecule has 5 rings (SSSR count). The van der Waals surface area contributed by atoms with Gasteiger partial charge in [0.1, 0.15) is 0 Å². The highest BCUT2D eigenvalue weighted by molar-refractivity contribution is 6.09. The van der Waals surface area contributed by atoms with Crippen LogP contribution in [-0.4, -0.2) is 23.5 Å². The molecular formula is C26H22N2O4. The number of anilines is 1. The number of para-hydroxylation sites is 1. The number of hydrogen-bond donors (Lipinski definition) is 0. The number of ether oxygens (including phenoxy) is 1. The Balaban J connectivity index is 1.61. The van der Waals surface area contributed by atoms with Crippen LogP contribution in [0, 0.1) is 10.1 Å². The molecule has 0 amide bonds. The Morgan fingerprint density at radius 1 is 1.00 bits per heavy atom. The standard InChI is InChI=1S/C26H22N2O4/c1-25(2)20-16-19(23(29)17-8-5-4-6-9-17)12-13-21(20)27(3)26(25)15-14-18-10-7-11-22(28(30)31)24(18)32-26/h4-16H,1-3H3. The molecule has 32 heavy (non-hydrogen) atoms. The predicted molar refractivity (Wildman–Crippen MR) is 123 cm³/mol. The molecule has 0 saturated heterocycles. The van der Waals surface area contributed by atoms with E-state index >= 15 is 0 Å². The Morgan fingerprint density at radius 2 is 1.75 bits per heavy atom. The van der Waals surface area contributed by atoms with Crippen LogP contribution in [0.25, 0.3) is 6.08 Å². The van der Waals surface area contributed by atoms with Gasteiger partial charge in [-0.15, -0.1) is 0 Å². The Morgan fingerprint density at radius 3 is 2.47 bits per heavy atom. The summed E-state index contributed by atoms with van der Waals surface area (Å²) in [4.78, 5) is 26.3. The van der Waals surface area contributed by atoms with E-state index in [4.69, 9.17) is 4.74 Å². The Kier molecular flexibility index (Phi) is 4.24. The Bertz CT molecular complexity index is 1300. The first kappa shape index (κ1) is 20.0. The van der Waals surface area contributed by atoms with Crippen LogP contribution < -0.4 is 9.64 Å². The van der Waals surface area contributed by atoms with Gasteiger partial charge in [0.25, 0.3) is 0 Å². The van der Waals surface area contributed by atoms with Crippen molar-refractivity contribution in [3.8, 4) is 5.75 Å². The van der Waals surface area contributed by atoms with Crippen molar-refractivity contribution < 1.29 is 14.5 Å². The molecule has 0 bridgehead atoms. The molecule has 2 aliphatic heterocycles. The molecule has 0 aliphatic carbocycles. The number of carbonyl (C=O) groups is 1. The van der Waals surface area contributed by atoms with Crippen molar-refractivity contribution in [2.75, 3.05) is 11.9 Å². The summed E-state index contributed by atoms with van der Waals surface area (Å²) < 4.78 is 6.48. The molecule has 0 aromatic heterocycles. The average molecular weight is 426 g/mol. The van der Waals surface area contributed by atoms with E-state index < -0.39 is 16.1 Å². The van der Waals surface area contributed by atoms with Gasteiger partial charge in [-0.05, 0) is 49.8 Å². The summed E-state index contributed by atoms with van der Waals surface area (Å²) in [6.07, 6.45) is 3.84. The van der Waals surface area contributed by atoms with Crippen molar-refractivity contribution in [2.24, 2.45) is 0 Å². The fourth-order valence-corrected chi connectivity index (χ4v) is 4.85. The fourth-order valence-electron chi connectivity index (χ4n) is 4.85. The molecule has 6 nitrogen and oxygen atoms in total. The molecule has 0 radical (unpaired) electrons. The Labute approximate surface area is 185 Å². The van der Waals surface area contributed by atoms with Crippen LogP contribution in [0.4, 0.5) is 11.4 Å². The number of nitrogens with zero attached hydrogens (tertiary/aromatic N) is 2. The summed E-state index contributed by atoms with van der Waals surface area (Å²) in [5.74, 6) is 0.210. The summed E-state index contributed by atoms with van der Waals surface area (Å²) >= 11 is 0. The minimum Gasteiger partial charge on any atom is -0.456 e. The molecule has 1 spiro atoms. The molecule has 3 aromatic rings. The fraction of sp³-hybridized carbons (Fsp3) is 0.192. The first-order valence-corrected chi connectivity index (χ1v) is 10.4. The lowest BCUT2D eigenvalue weighted by Gasteiger charge is -2.45. The zero-order chi connectivity index (χ0) is 22.7. The molecule has 0 fully saturated rings. The van der Waals surface area contributed by atoms with Crippen LogP contribution in [0.2, 0.25) is 0 Å². The molecule has 0 N–H and O–H groups in total. The average Bonchev–Trinajstić information content (AvgIpc) is 2.96. The topological polar surface area (TPSA) is 72.7 Å². The number of nitro benzene ring substituents is 1. The van der Waals surface area contributed by atoms with E-state index in [1.807, 2.05) is 74.3 Å². The van der Waals surface area contributed by atoms with Crippen molar-refractivity contribution in [1.29, 1.82) is 0 Å². The lowest BCUT2D eigenvalue weighted by Crippen LogP contribution is -2.58. The third kappa shape index (κ3) is 2.62. The van der Waals surface area contributed by atoms with Gasteiger partial charge in [0.2, 0.25) is 11.5 Å². The van der Waals surface area contributed by atoms with Gasteiger partial charge in [-0.1, -0.05) is 42.5 Å². The molecule has 160 valence electrons. The number of fused-ring (bicyclic) bond motifs is 2. The maximum Gasteiger partial charge on any atom is 0.311 e. The molecule has 1 atom stereocenters. The number of rotatable bonds is 3. The first-order chi connectivity index (χ1) is 15.3. The summed E-state index contributed by atoms with van der Waals surface area (Å²) in [6, 6.07) is 19.8. The number of likely N-dealkylation sites (N-methyl/N-ethyl adjacent to an activating group) is 1. The summed E-state index contributed by atoms with van der Waals surface area (Å²) in [5, 5.41) is 11.6. The van der Waals surface area contributed by atoms with Gasteiger partial charge in [-0.2, -0.15) is 0 Å². The van der Waals surface area contributed by atoms with Crippen LogP contribution in [0.5, 0.6) is 5.75 Å². The van der Waals surface area contributed by atoms with Crippen molar-refractivity contribution in [2.45, 2.75) is 25.0 Å². The molecular weight excluding hydrogens is 404 g/mol. The molecule has 0 saturated carbocycles. The third-order valence-electron chi connectivity index (χ3n) is 6.69. The highest BCUT2D eigenvalue weighted by Gasteiger charge is 2.58. The van der Waals surface area contributed by atoms with Crippen molar-refractivity contribution in [3.05, 3.63) is 105 Å². The molecule has 1 unspecified atom stereocenters. The van der Waals surface area contributed by atoms with E-state index in [1.165, 1.54) is 6.07 Å². The highest BCUT2D eigenvalue weighted by Crippen LogP contribution is 2.55. The number of ketones is 1. The van der Waals surface area contributed by atoms with E-state index in [0.29, 0.717) is 16.7 Å². The zero-order valence-corrected chi connectivity index (χ0v) is 18.0. The number of hydrogen-bond acceptors (Lipinski definition) is 5. The molecule has 2 aliphatic rings. The summed E-state index contributed by atoms with van der Waals surface area (Å²) in [6.45, 7) is 4.08. The van der Waals surface area contributed by atoms with Gasteiger partial charge >= 0.3 is 5.69 Å². The second-order valence-electron chi connectivity index (χ2n) is 8.70. The van der Waals surface area contributed by atoms with Gasteiger partial charge < -0.3 is 9.64 Å². The summed E-state index contributed by atoms with van der Waals surface area (Å²) in [7, 11) is 1.91. The first-order valence-electron chi connectivity index (χ1n) is 10.4. The van der Waals surface area contributed by atoms with E-state index in [9.17, 15) is 14.9 Å². The lowest BCUT2D eigenvalue weighted by atomic mass is 9.76. The lowest BCUT2D eigenvalue weighted by molar-refractivity contribution is -0.386. The molecule has 3 aromatic carbocycles. The van der Waals surface area contributed by atoms with Gasteiger partial charge in [0, 0.05) is 35.5 Å². The SMILES string of the molecule is CN1c2ccc(C(=O)c3ccccc3)cc2C(C)(C)C12C=Cc1cccc([N+](=O)[O-])c1O2. The van der Waals surface area contributed by atoms with Crippen LogP contribution >= 0.6 is 0 Å². The van der Waals surface area contributed by atoms with Crippen LogP contribution in [0.15, 0.2) is 72.8 Å². The van der Waals surface area contributed by atoms with Gasteiger partial charge in [0.15, 0.2) is 5.78 Å².